The van der Waals surface area contributed by atoms with Gasteiger partial charge in [0.15, 0.2) is 12.7 Å². The predicted molar refractivity (Wildman–Crippen MR) is 455 cm³/mol. The summed E-state index contributed by atoms with van der Waals surface area (Å²) >= 11 is 6.16. The van der Waals surface area contributed by atoms with Crippen LogP contribution in [-0.4, -0.2) is 59.8 Å². The highest BCUT2D eigenvalue weighted by Crippen LogP contribution is 1.92. The highest BCUT2D eigenvalue weighted by molar-refractivity contribution is 7.08. The SMILES string of the molecule is CC.CC.CC.CC.CC.CC.CC.CC.CC.CC(C)C.CC(C)C.CC(C)C.CC(C)C.CC(C)C.CC(C)C.CC(C)C.CC(C)C.CC(C)C.c1c[nH]cn1.c1ccoc1.c1ccsc1.c1cocn1.c1cscn1.c1ncon1.c1ncsn1.c1nnco1.c1nncs1. The molecule has 0 atom stereocenters. The van der Waals surface area contributed by atoms with Crippen molar-refractivity contribution >= 4 is 45.5 Å². The van der Waals surface area contributed by atoms with Crippen LogP contribution in [0.2, 0.25) is 0 Å². The first kappa shape index (κ1) is 140. The molecule has 9 rings (SSSR count). The summed E-state index contributed by atoms with van der Waals surface area (Å²) in [7, 11) is 0. The van der Waals surface area contributed by atoms with Gasteiger partial charge in [-0.3, -0.25) is 4.98 Å². The monoisotopic (exact) mass is 1480 g/mol. The van der Waals surface area contributed by atoms with E-state index in [1.165, 1.54) is 67.4 Å². The Morgan fingerprint density at radius 3 is 0.747 bits per heavy atom. The van der Waals surface area contributed by atoms with Crippen molar-refractivity contribution in [2.75, 3.05) is 0 Å². The van der Waals surface area contributed by atoms with Gasteiger partial charge in [0.05, 0.1) is 30.6 Å². The zero-order chi connectivity index (χ0) is 82.0. The van der Waals surface area contributed by atoms with Crippen molar-refractivity contribution in [3.05, 3.63) is 151 Å². The van der Waals surface area contributed by atoms with E-state index in [-0.39, 0.29) is 0 Å². The Labute approximate surface area is 634 Å². The van der Waals surface area contributed by atoms with Crippen molar-refractivity contribution in [2.24, 2.45) is 53.3 Å². The maximum Gasteiger partial charge on any atom is 0.213 e. The molecule has 9 aromatic rings. The first-order valence-corrected chi connectivity index (χ1v) is 40.0. The fourth-order valence-electron chi connectivity index (χ4n) is 1.56. The number of hydrogen-bond donors (Lipinski definition) is 1. The molecular weight excluding hydrogens is 1310 g/mol. The molecule has 594 valence electrons. The molecule has 0 radical (unpaired) electrons. The Morgan fingerprint density at radius 1 is 0.283 bits per heavy atom. The summed E-state index contributed by atoms with van der Waals surface area (Å²) in [5.74, 6) is 7.50. The van der Waals surface area contributed by atoms with Gasteiger partial charge >= 0.3 is 0 Å². The first-order chi connectivity index (χ1) is 47.1. The van der Waals surface area contributed by atoms with Crippen LogP contribution >= 0.6 is 45.5 Å². The smallest absolute Gasteiger partial charge is 0.213 e. The maximum atomic E-state index is 4.58. The normalized spacial score (nSPS) is 7.45. The van der Waals surface area contributed by atoms with E-state index in [1.54, 1.807) is 88.4 Å². The fourth-order valence-corrected chi connectivity index (χ4v) is 2.91. The van der Waals surface area contributed by atoms with Crippen LogP contribution in [-0.2, 0) is 0 Å². The maximum absolute atomic E-state index is 4.58. The Balaban J connectivity index is -0.0000000433. The lowest BCUT2D eigenvalue weighted by Gasteiger charge is -1.79. The van der Waals surface area contributed by atoms with E-state index in [0.29, 0.717) is 0 Å². The van der Waals surface area contributed by atoms with E-state index in [9.17, 15) is 0 Å². The summed E-state index contributed by atoms with van der Waals surface area (Å²) in [5, 5.41) is 22.8. The molecule has 0 aliphatic carbocycles. The molecule has 0 aromatic carbocycles. The lowest BCUT2D eigenvalue weighted by Crippen LogP contribution is -1.66. The highest BCUT2D eigenvalue weighted by atomic mass is 32.1. The molecule has 16 nitrogen and oxygen atoms in total. The van der Waals surface area contributed by atoms with Crippen molar-refractivity contribution in [3.63, 3.8) is 0 Å². The van der Waals surface area contributed by atoms with Gasteiger partial charge in [-0.15, -0.1) is 43.1 Å². The second kappa shape index (κ2) is 175. The molecule has 0 aliphatic heterocycles. The van der Waals surface area contributed by atoms with E-state index in [0.717, 1.165) is 53.3 Å². The van der Waals surface area contributed by atoms with E-state index >= 15 is 0 Å². The third-order valence-electron chi connectivity index (χ3n) is 3.08. The number of aromatic nitrogens is 12. The molecule has 99 heavy (non-hydrogen) atoms. The molecule has 0 saturated heterocycles. The fraction of sp³-hybridized carbons (Fsp3) is 0.684. The van der Waals surface area contributed by atoms with Crippen LogP contribution in [0.1, 0.15) is 312 Å². The van der Waals surface area contributed by atoms with Gasteiger partial charge in [0.25, 0.3) is 0 Å². The molecule has 0 aliphatic rings. The highest BCUT2D eigenvalue weighted by Gasteiger charge is 1.72. The molecule has 1 N–H and O–H groups in total. The number of hydrogen-bond acceptors (Lipinski definition) is 19. The number of H-pyrrole nitrogens is 1. The minimum absolute atomic E-state index is 0.833. The summed E-state index contributed by atoms with van der Waals surface area (Å²) in [6.45, 7) is 94.5. The zero-order valence-corrected chi connectivity index (χ0v) is 76.6. The van der Waals surface area contributed by atoms with Gasteiger partial charge in [0.1, 0.15) is 29.1 Å². The number of nitrogens with zero attached hydrogens (tertiary/aromatic N) is 11. The van der Waals surface area contributed by atoms with Crippen LogP contribution in [0, 0.1) is 53.3 Å². The van der Waals surface area contributed by atoms with Gasteiger partial charge in [0, 0.05) is 24.0 Å². The lowest BCUT2D eigenvalue weighted by atomic mass is 10.3. The number of thiazole rings is 1. The quantitative estimate of drug-likeness (QED) is 0.150. The van der Waals surface area contributed by atoms with Gasteiger partial charge in [-0.1, -0.05) is 329 Å². The standard InChI is InChI=1S/C4H4O.C4H4S.9C4H10.C3H4N2.C3H3NO.C3H3NS.2C2H2N2O.2C2H2N2S.9C2H6/c2*1-2-4-5-3-1;9*1-4(2)3;3*1-2-5-3-4-1;1-3-4-2-5-1;1-3-2-5-4-1;1-3-4-2-5-1;1-3-2-5-4-1;9*1-2/h2*1-4H;9*4H,1-3H3;1-3H,(H,4,5);2*1-3H;4*1-2H;9*1-2H3. The number of thiophene rings is 1. The molecule has 9 heterocycles. The molecular formula is C79H170N12O4S4. The molecule has 0 saturated carbocycles. The van der Waals surface area contributed by atoms with Crippen molar-refractivity contribution in [3.8, 4) is 0 Å². The zero-order valence-electron chi connectivity index (χ0n) is 73.3. The Morgan fingerprint density at radius 2 is 0.657 bits per heavy atom. The molecule has 0 bridgehead atoms. The van der Waals surface area contributed by atoms with Gasteiger partial charge in [-0.2, -0.15) is 15.7 Å². The van der Waals surface area contributed by atoms with Gasteiger partial charge < -0.3 is 22.8 Å². The van der Waals surface area contributed by atoms with E-state index in [4.69, 9.17) is 0 Å². The van der Waals surface area contributed by atoms with Crippen molar-refractivity contribution < 1.29 is 17.8 Å². The summed E-state index contributed by atoms with van der Waals surface area (Å²) in [4.78, 5) is 20.8. The number of furan rings is 1. The molecule has 9 aromatic heterocycles. The third kappa shape index (κ3) is 486. The summed E-state index contributed by atoms with van der Waals surface area (Å²) in [6.07, 6.45) is 21.2. The average Bonchev–Trinajstić information content (AvgIpc) is 4.43. The minimum atomic E-state index is 0.833. The summed E-state index contributed by atoms with van der Waals surface area (Å²) in [5.41, 5.74) is 6.83. The van der Waals surface area contributed by atoms with E-state index in [2.05, 4.69) is 265 Å². The average molecular weight is 1480 g/mol. The van der Waals surface area contributed by atoms with Crippen LogP contribution in [0.3, 0.4) is 0 Å². The number of aromatic amines is 1. The van der Waals surface area contributed by atoms with Gasteiger partial charge in [0.2, 0.25) is 19.2 Å². The molecule has 0 unspecified atom stereocenters. The first-order valence-electron chi connectivity index (χ1n) is 36.4. The van der Waals surface area contributed by atoms with E-state index in [1.807, 2.05) is 165 Å². The molecule has 0 fully saturated rings. The van der Waals surface area contributed by atoms with Crippen LogP contribution < -0.4 is 0 Å². The number of nitrogens with one attached hydrogen (secondary N) is 1. The predicted octanol–water partition coefficient (Wildman–Crippen LogP) is 30.7. The number of imidazole rings is 1. The topological polar surface area (TPSA) is 210 Å². The second-order valence-corrected chi connectivity index (χ2v) is 24.5. The van der Waals surface area contributed by atoms with Crippen LogP contribution in [0.15, 0.2) is 168 Å². The summed E-state index contributed by atoms with van der Waals surface area (Å²) in [6, 6.07) is 7.70. The van der Waals surface area contributed by atoms with E-state index < -0.39 is 0 Å². The second-order valence-electron chi connectivity index (χ2n) is 21.6. The molecule has 20 heteroatoms. The van der Waals surface area contributed by atoms with Gasteiger partial charge in [-0.25, -0.2) is 19.9 Å². The van der Waals surface area contributed by atoms with Crippen molar-refractivity contribution in [1.82, 2.24) is 59.8 Å². The van der Waals surface area contributed by atoms with Crippen LogP contribution in [0.25, 0.3) is 0 Å². The Hall–Kier alpha value is -5.57. The van der Waals surface area contributed by atoms with Crippen LogP contribution in [0.5, 0.6) is 0 Å². The minimum Gasteiger partial charge on any atom is -0.473 e. The van der Waals surface area contributed by atoms with Crippen molar-refractivity contribution in [1.29, 1.82) is 0 Å². The summed E-state index contributed by atoms with van der Waals surface area (Å²) < 4.78 is 21.3. The van der Waals surface area contributed by atoms with Gasteiger partial charge in [-0.05, 0) is 87.7 Å². The van der Waals surface area contributed by atoms with Crippen molar-refractivity contribution in [2.45, 2.75) is 312 Å². The number of rotatable bonds is 0. The third-order valence-corrected chi connectivity index (χ3v) is 5.10. The Kier molecular flexibility index (Phi) is 248. The molecule has 0 spiro atoms. The molecule has 0 amide bonds. The lowest BCUT2D eigenvalue weighted by molar-refractivity contribution is 0.416. The number of oxazole rings is 1. The van der Waals surface area contributed by atoms with Crippen LogP contribution in [0.4, 0.5) is 0 Å². The largest absolute Gasteiger partial charge is 0.473 e. The Bertz CT molecular complexity index is 1310.